The van der Waals surface area contributed by atoms with E-state index in [1.807, 2.05) is 32.0 Å². The highest BCUT2D eigenvalue weighted by Crippen LogP contribution is 2.26. The fraction of sp³-hybridized carbons (Fsp3) is 0.417. The van der Waals surface area contributed by atoms with Gasteiger partial charge in [0.15, 0.2) is 0 Å². The molecular formula is C12H15NO2. The van der Waals surface area contributed by atoms with Crippen LogP contribution in [0.3, 0.4) is 0 Å². The Kier molecular flexibility index (Phi) is 2.49. The van der Waals surface area contributed by atoms with Crippen molar-refractivity contribution in [2.24, 2.45) is 0 Å². The first kappa shape index (κ1) is 10.2. The molecule has 15 heavy (non-hydrogen) atoms. The smallest absolute Gasteiger partial charge is 0.229 e. The van der Waals surface area contributed by atoms with Gasteiger partial charge in [0.1, 0.15) is 0 Å². The van der Waals surface area contributed by atoms with Crippen molar-refractivity contribution in [3.8, 4) is 0 Å². The summed E-state index contributed by atoms with van der Waals surface area (Å²) in [6.07, 6.45) is -0.273. The molecule has 1 aliphatic heterocycles. The maximum absolute atomic E-state index is 11.6. The lowest BCUT2D eigenvalue weighted by atomic mass is 10.1. The van der Waals surface area contributed by atoms with Crippen LogP contribution in [0.25, 0.3) is 0 Å². The summed E-state index contributed by atoms with van der Waals surface area (Å²) in [5.41, 5.74) is 3.21. The Morgan fingerprint density at radius 1 is 1.40 bits per heavy atom. The van der Waals surface area contributed by atoms with Crippen molar-refractivity contribution >= 4 is 11.6 Å². The van der Waals surface area contributed by atoms with Gasteiger partial charge in [-0.1, -0.05) is 12.1 Å². The minimum atomic E-state index is -0.516. The summed E-state index contributed by atoms with van der Waals surface area (Å²) in [6.45, 7) is 4.45. The van der Waals surface area contributed by atoms with E-state index >= 15 is 0 Å². The highest BCUT2D eigenvalue weighted by atomic mass is 16.3. The second-order valence-corrected chi connectivity index (χ2v) is 4.08. The van der Waals surface area contributed by atoms with E-state index in [0.29, 0.717) is 6.54 Å². The van der Waals surface area contributed by atoms with Gasteiger partial charge in [0.05, 0.1) is 19.1 Å². The molecule has 0 saturated carbocycles. The van der Waals surface area contributed by atoms with Crippen LogP contribution in [0, 0.1) is 13.8 Å². The standard InChI is InChI=1S/C12H15NO2/c1-8-4-3-5-11(9(8)2)13-7-10(14)6-12(13)15/h3-5,10,14H,6-7H2,1-2H3. The van der Waals surface area contributed by atoms with Gasteiger partial charge in [0, 0.05) is 5.69 Å². The van der Waals surface area contributed by atoms with E-state index in [9.17, 15) is 9.90 Å². The van der Waals surface area contributed by atoms with Crippen LogP contribution < -0.4 is 4.90 Å². The Bertz CT molecular complexity index is 401. The average Bonchev–Trinajstić information content (AvgIpc) is 2.50. The lowest BCUT2D eigenvalue weighted by molar-refractivity contribution is -0.117. The lowest BCUT2D eigenvalue weighted by Gasteiger charge is -2.19. The van der Waals surface area contributed by atoms with Crippen LogP contribution in [0.1, 0.15) is 17.5 Å². The number of β-amino-alcohol motifs (C(OH)–C–C–N with tert-alkyl or cyclic N) is 1. The van der Waals surface area contributed by atoms with Crippen LogP contribution in [0.15, 0.2) is 18.2 Å². The van der Waals surface area contributed by atoms with E-state index in [1.165, 1.54) is 5.56 Å². The molecule has 1 saturated heterocycles. The molecule has 1 heterocycles. The molecule has 2 rings (SSSR count). The number of nitrogens with zero attached hydrogens (tertiary/aromatic N) is 1. The number of aliphatic hydroxyl groups is 1. The number of aryl methyl sites for hydroxylation is 1. The second-order valence-electron chi connectivity index (χ2n) is 4.08. The fourth-order valence-corrected chi connectivity index (χ4v) is 1.95. The third-order valence-corrected chi connectivity index (χ3v) is 2.97. The summed E-state index contributed by atoms with van der Waals surface area (Å²) >= 11 is 0. The van der Waals surface area contributed by atoms with Gasteiger partial charge in [0.25, 0.3) is 0 Å². The SMILES string of the molecule is Cc1cccc(N2CC(O)CC2=O)c1C. The summed E-state index contributed by atoms with van der Waals surface area (Å²) in [5.74, 6) is 0.0104. The van der Waals surface area contributed by atoms with Crippen molar-refractivity contribution in [2.75, 3.05) is 11.4 Å². The average molecular weight is 205 g/mol. The maximum Gasteiger partial charge on any atom is 0.229 e. The first-order chi connectivity index (χ1) is 7.09. The van der Waals surface area contributed by atoms with Crippen molar-refractivity contribution in [3.05, 3.63) is 29.3 Å². The largest absolute Gasteiger partial charge is 0.391 e. The number of hydrogen-bond donors (Lipinski definition) is 1. The minimum Gasteiger partial charge on any atom is -0.391 e. The molecule has 0 spiro atoms. The van der Waals surface area contributed by atoms with Crippen LogP contribution >= 0.6 is 0 Å². The summed E-state index contributed by atoms with van der Waals surface area (Å²) in [7, 11) is 0. The first-order valence-electron chi connectivity index (χ1n) is 5.14. The van der Waals surface area contributed by atoms with E-state index < -0.39 is 6.10 Å². The Morgan fingerprint density at radius 3 is 2.73 bits per heavy atom. The third-order valence-electron chi connectivity index (χ3n) is 2.97. The van der Waals surface area contributed by atoms with Crippen molar-refractivity contribution in [3.63, 3.8) is 0 Å². The Morgan fingerprint density at radius 2 is 2.13 bits per heavy atom. The van der Waals surface area contributed by atoms with E-state index in [1.54, 1.807) is 4.90 Å². The molecule has 0 aromatic heterocycles. The van der Waals surface area contributed by atoms with Gasteiger partial charge in [-0.2, -0.15) is 0 Å². The highest BCUT2D eigenvalue weighted by Gasteiger charge is 2.29. The molecule has 1 fully saturated rings. The number of carbonyl (C=O) groups is 1. The second kappa shape index (κ2) is 3.66. The fourth-order valence-electron chi connectivity index (χ4n) is 1.95. The quantitative estimate of drug-likeness (QED) is 0.753. The highest BCUT2D eigenvalue weighted by molar-refractivity contribution is 5.96. The molecule has 1 unspecified atom stereocenters. The summed E-state index contributed by atoms with van der Waals surface area (Å²) < 4.78 is 0. The van der Waals surface area contributed by atoms with Gasteiger partial charge in [-0.3, -0.25) is 4.79 Å². The van der Waals surface area contributed by atoms with Crippen LogP contribution in [0.4, 0.5) is 5.69 Å². The van der Waals surface area contributed by atoms with E-state index in [-0.39, 0.29) is 12.3 Å². The molecule has 3 nitrogen and oxygen atoms in total. The Labute approximate surface area is 89.3 Å². The molecule has 1 aromatic rings. The molecule has 1 atom stereocenters. The van der Waals surface area contributed by atoms with Crippen LogP contribution in [0.2, 0.25) is 0 Å². The number of amides is 1. The molecule has 1 N–H and O–H groups in total. The van der Waals surface area contributed by atoms with E-state index in [4.69, 9.17) is 0 Å². The van der Waals surface area contributed by atoms with Crippen LogP contribution in [-0.2, 0) is 4.79 Å². The van der Waals surface area contributed by atoms with Crippen molar-refractivity contribution < 1.29 is 9.90 Å². The number of hydrogen-bond acceptors (Lipinski definition) is 2. The molecule has 80 valence electrons. The van der Waals surface area contributed by atoms with E-state index in [2.05, 4.69) is 0 Å². The molecule has 1 aromatic carbocycles. The van der Waals surface area contributed by atoms with Gasteiger partial charge in [-0.05, 0) is 31.0 Å². The molecule has 0 bridgehead atoms. The molecule has 1 aliphatic rings. The predicted octanol–water partition coefficient (Wildman–Crippen LogP) is 1.40. The van der Waals surface area contributed by atoms with Crippen LogP contribution in [-0.4, -0.2) is 23.7 Å². The molecule has 0 aliphatic carbocycles. The van der Waals surface area contributed by atoms with Crippen molar-refractivity contribution in [1.82, 2.24) is 0 Å². The Balaban J connectivity index is 2.38. The van der Waals surface area contributed by atoms with Gasteiger partial charge in [-0.15, -0.1) is 0 Å². The van der Waals surface area contributed by atoms with Gasteiger partial charge in [0.2, 0.25) is 5.91 Å². The lowest BCUT2D eigenvalue weighted by Crippen LogP contribution is -2.26. The van der Waals surface area contributed by atoms with Gasteiger partial charge in [-0.25, -0.2) is 0 Å². The predicted molar refractivity (Wildman–Crippen MR) is 58.9 cm³/mol. The Hall–Kier alpha value is -1.35. The number of carbonyl (C=O) groups excluding carboxylic acids is 1. The zero-order valence-electron chi connectivity index (χ0n) is 9.03. The topological polar surface area (TPSA) is 40.5 Å². The summed E-state index contributed by atoms with van der Waals surface area (Å²) in [6, 6.07) is 5.89. The number of anilines is 1. The number of rotatable bonds is 1. The zero-order valence-corrected chi connectivity index (χ0v) is 9.03. The molecular weight excluding hydrogens is 190 g/mol. The van der Waals surface area contributed by atoms with Crippen molar-refractivity contribution in [2.45, 2.75) is 26.4 Å². The number of benzene rings is 1. The van der Waals surface area contributed by atoms with E-state index in [0.717, 1.165) is 11.3 Å². The maximum atomic E-state index is 11.6. The minimum absolute atomic E-state index is 0.0104. The zero-order chi connectivity index (χ0) is 11.0. The summed E-state index contributed by atoms with van der Waals surface area (Å²) in [5, 5.41) is 9.43. The van der Waals surface area contributed by atoms with Crippen molar-refractivity contribution in [1.29, 1.82) is 0 Å². The molecule has 0 radical (unpaired) electrons. The third kappa shape index (κ3) is 1.75. The monoisotopic (exact) mass is 205 g/mol. The normalized spacial score (nSPS) is 21.1. The first-order valence-corrected chi connectivity index (χ1v) is 5.14. The molecule has 1 amide bonds. The van der Waals surface area contributed by atoms with Gasteiger partial charge < -0.3 is 10.0 Å². The number of aliphatic hydroxyl groups excluding tert-OH is 1. The van der Waals surface area contributed by atoms with Crippen LogP contribution in [0.5, 0.6) is 0 Å². The molecule has 3 heteroatoms. The summed E-state index contributed by atoms with van der Waals surface area (Å²) in [4.78, 5) is 13.3. The van der Waals surface area contributed by atoms with Gasteiger partial charge >= 0.3 is 0 Å².